The van der Waals surface area contributed by atoms with Gasteiger partial charge in [-0.3, -0.25) is 4.79 Å². The number of carbonyl (C=O) groups is 1. The number of hydrogen-bond acceptors (Lipinski definition) is 4. The minimum absolute atomic E-state index is 0.0399. The summed E-state index contributed by atoms with van der Waals surface area (Å²) in [5.41, 5.74) is 2.52. The summed E-state index contributed by atoms with van der Waals surface area (Å²) in [7, 11) is 1.83. The molecule has 0 saturated heterocycles. The van der Waals surface area contributed by atoms with Gasteiger partial charge in [-0.05, 0) is 23.6 Å². The van der Waals surface area contributed by atoms with Crippen molar-refractivity contribution in [2.75, 3.05) is 20.2 Å². The first kappa shape index (κ1) is 15.6. The molecule has 23 heavy (non-hydrogen) atoms. The van der Waals surface area contributed by atoms with Crippen LogP contribution in [-0.4, -0.2) is 41.0 Å². The smallest absolute Gasteiger partial charge is 0.222 e. The topological polar surface area (TPSA) is 55.3 Å². The van der Waals surface area contributed by atoms with Crippen molar-refractivity contribution in [2.45, 2.75) is 25.4 Å². The third-order valence-electron chi connectivity index (χ3n) is 4.14. The summed E-state index contributed by atoms with van der Waals surface area (Å²) in [5, 5.41) is 0. The number of rotatable bonds is 5. The molecule has 0 aliphatic carbocycles. The SMILES string of the molecule is CN(CC1OCCc2ccccc21)C(=O)CCc1ncccn1. The molecular formula is C18H21N3O2. The number of carbonyl (C=O) groups excluding carboxylic acids is 1. The number of benzene rings is 1. The summed E-state index contributed by atoms with van der Waals surface area (Å²) >= 11 is 0. The number of aromatic nitrogens is 2. The number of nitrogens with zero attached hydrogens (tertiary/aromatic N) is 3. The van der Waals surface area contributed by atoms with Crippen molar-refractivity contribution in [3.63, 3.8) is 0 Å². The largest absolute Gasteiger partial charge is 0.371 e. The summed E-state index contributed by atoms with van der Waals surface area (Å²) < 4.78 is 5.87. The molecule has 0 saturated carbocycles. The Hall–Kier alpha value is -2.27. The number of likely N-dealkylation sites (N-methyl/N-ethyl adjacent to an activating group) is 1. The van der Waals surface area contributed by atoms with Crippen LogP contribution in [0.2, 0.25) is 0 Å². The summed E-state index contributed by atoms with van der Waals surface area (Å²) in [4.78, 5) is 22.4. The lowest BCUT2D eigenvalue weighted by Gasteiger charge is -2.29. The highest BCUT2D eigenvalue weighted by Gasteiger charge is 2.23. The predicted octanol–water partition coefficient (Wildman–Crippen LogP) is 2.18. The number of amides is 1. The van der Waals surface area contributed by atoms with Crippen molar-refractivity contribution in [2.24, 2.45) is 0 Å². The average Bonchev–Trinajstić information content (AvgIpc) is 2.61. The Morgan fingerprint density at radius 3 is 2.87 bits per heavy atom. The van der Waals surface area contributed by atoms with Crippen LogP contribution >= 0.6 is 0 Å². The van der Waals surface area contributed by atoms with Crippen LogP contribution in [0.4, 0.5) is 0 Å². The normalized spacial score (nSPS) is 16.7. The summed E-state index contributed by atoms with van der Waals surface area (Å²) in [6.07, 6.45) is 5.27. The average molecular weight is 311 g/mol. The highest BCUT2D eigenvalue weighted by molar-refractivity contribution is 5.76. The maximum Gasteiger partial charge on any atom is 0.222 e. The van der Waals surface area contributed by atoms with Gasteiger partial charge >= 0.3 is 0 Å². The number of aryl methyl sites for hydroxylation is 1. The fourth-order valence-corrected chi connectivity index (χ4v) is 2.85. The molecule has 0 N–H and O–H groups in total. The van der Waals surface area contributed by atoms with E-state index in [-0.39, 0.29) is 12.0 Å². The van der Waals surface area contributed by atoms with Gasteiger partial charge in [0.05, 0.1) is 13.2 Å². The first-order chi connectivity index (χ1) is 11.2. The fourth-order valence-electron chi connectivity index (χ4n) is 2.85. The van der Waals surface area contributed by atoms with E-state index in [2.05, 4.69) is 28.2 Å². The maximum absolute atomic E-state index is 12.3. The van der Waals surface area contributed by atoms with Gasteiger partial charge in [0.25, 0.3) is 0 Å². The molecule has 3 rings (SSSR count). The lowest BCUT2D eigenvalue weighted by molar-refractivity contribution is -0.132. The zero-order chi connectivity index (χ0) is 16.1. The third kappa shape index (κ3) is 3.93. The monoisotopic (exact) mass is 311 g/mol. The second-order valence-electron chi connectivity index (χ2n) is 5.75. The number of ether oxygens (including phenoxy) is 1. The van der Waals surface area contributed by atoms with Crippen LogP contribution in [0.25, 0.3) is 0 Å². The lowest BCUT2D eigenvalue weighted by Crippen LogP contribution is -2.34. The van der Waals surface area contributed by atoms with Crippen molar-refractivity contribution in [3.8, 4) is 0 Å². The molecule has 5 nitrogen and oxygen atoms in total. The molecule has 0 fully saturated rings. The number of fused-ring (bicyclic) bond motifs is 1. The van der Waals surface area contributed by atoms with Crippen molar-refractivity contribution < 1.29 is 9.53 Å². The van der Waals surface area contributed by atoms with E-state index in [1.165, 1.54) is 11.1 Å². The zero-order valence-corrected chi connectivity index (χ0v) is 13.3. The Bertz CT molecular complexity index is 660. The van der Waals surface area contributed by atoms with Gasteiger partial charge in [0.15, 0.2) is 0 Å². The van der Waals surface area contributed by atoms with Gasteiger partial charge in [-0.15, -0.1) is 0 Å². The lowest BCUT2D eigenvalue weighted by atomic mass is 9.97. The van der Waals surface area contributed by atoms with Crippen LogP contribution in [0.15, 0.2) is 42.7 Å². The molecule has 1 aromatic heterocycles. The summed E-state index contributed by atoms with van der Waals surface area (Å²) in [6, 6.07) is 10.1. The molecule has 120 valence electrons. The molecule has 1 atom stereocenters. The van der Waals surface area contributed by atoms with Crippen LogP contribution < -0.4 is 0 Å². The van der Waals surface area contributed by atoms with Crippen LogP contribution in [0.3, 0.4) is 0 Å². The summed E-state index contributed by atoms with van der Waals surface area (Å²) in [6.45, 7) is 1.28. The van der Waals surface area contributed by atoms with E-state index in [1.807, 2.05) is 13.1 Å². The van der Waals surface area contributed by atoms with E-state index in [0.29, 0.717) is 31.8 Å². The van der Waals surface area contributed by atoms with Gasteiger partial charge < -0.3 is 9.64 Å². The Morgan fingerprint density at radius 1 is 1.26 bits per heavy atom. The molecule has 2 aromatic rings. The van der Waals surface area contributed by atoms with Gasteiger partial charge in [0.1, 0.15) is 11.9 Å². The standard InChI is InChI=1S/C18H21N3O2/c1-21(18(22)8-7-17-19-10-4-11-20-17)13-16-15-6-3-2-5-14(15)9-12-23-16/h2-6,10-11,16H,7-9,12-13H2,1H3. The van der Waals surface area contributed by atoms with Crippen molar-refractivity contribution >= 4 is 5.91 Å². The highest BCUT2D eigenvalue weighted by atomic mass is 16.5. The van der Waals surface area contributed by atoms with Crippen LogP contribution in [-0.2, 0) is 22.4 Å². The second-order valence-corrected chi connectivity index (χ2v) is 5.75. The fraction of sp³-hybridized carbons (Fsp3) is 0.389. The van der Waals surface area contributed by atoms with Gasteiger partial charge in [-0.1, -0.05) is 24.3 Å². The van der Waals surface area contributed by atoms with E-state index in [0.717, 1.165) is 6.42 Å². The van der Waals surface area contributed by atoms with Crippen molar-refractivity contribution in [1.82, 2.24) is 14.9 Å². The molecule has 0 radical (unpaired) electrons. The van der Waals surface area contributed by atoms with Gasteiger partial charge in [-0.25, -0.2) is 9.97 Å². The van der Waals surface area contributed by atoms with Crippen LogP contribution in [0.5, 0.6) is 0 Å². The first-order valence-electron chi connectivity index (χ1n) is 7.93. The second kappa shape index (κ2) is 7.33. The van der Waals surface area contributed by atoms with E-state index in [1.54, 1.807) is 23.4 Å². The van der Waals surface area contributed by atoms with Crippen molar-refractivity contribution in [3.05, 3.63) is 59.7 Å². The van der Waals surface area contributed by atoms with Gasteiger partial charge in [0, 0.05) is 32.3 Å². The molecule has 0 bridgehead atoms. The van der Waals surface area contributed by atoms with Crippen molar-refractivity contribution in [1.29, 1.82) is 0 Å². The maximum atomic E-state index is 12.3. The molecule has 1 aliphatic heterocycles. The minimum atomic E-state index is -0.0399. The molecule has 1 amide bonds. The highest BCUT2D eigenvalue weighted by Crippen LogP contribution is 2.27. The Balaban J connectivity index is 1.57. The predicted molar refractivity (Wildman–Crippen MR) is 86.8 cm³/mol. The van der Waals surface area contributed by atoms with Gasteiger partial charge in [0.2, 0.25) is 5.91 Å². The zero-order valence-electron chi connectivity index (χ0n) is 13.3. The number of hydrogen-bond donors (Lipinski definition) is 0. The van der Waals surface area contributed by atoms with Gasteiger partial charge in [-0.2, -0.15) is 0 Å². The van der Waals surface area contributed by atoms with Crippen LogP contribution in [0, 0.1) is 0 Å². The quantitative estimate of drug-likeness (QED) is 0.849. The van der Waals surface area contributed by atoms with E-state index in [9.17, 15) is 4.79 Å². The Kier molecular flexibility index (Phi) is 4.98. The van der Waals surface area contributed by atoms with E-state index in [4.69, 9.17) is 4.74 Å². The molecule has 5 heteroatoms. The van der Waals surface area contributed by atoms with E-state index < -0.39 is 0 Å². The summed E-state index contributed by atoms with van der Waals surface area (Å²) in [5.74, 6) is 0.789. The molecule has 1 unspecified atom stereocenters. The molecule has 1 aliphatic rings. The third-order valence-corrected chi connectivity index (χ3v) is 4.14. The van der Waals surface area contributed by atoms with Crippen LogP contribution in [0.1, 0.15) is 29.5 Å². The Morgan fingerprint density at radius 2 is 2.04 bits per heavy atom. The first-order valence-corrected chi connectivity index (χ1v) is 7.93. The van der Waals surface area contributed by atoms with E-state index >= 15 is 0 Å². The molecule has 2 heterocycles. The molecule has 1 aromatic carbocycles. The Labute approximate surface area is 136 Å². The molecular weight excluding hydrogens is 290 g/mol. The molecule has 0 spiro atoms. The minimum Gasteiger partial charge on any atom is -0.371 e.